The van der Waals surface area contributed by atoms with Gasteiger partial charge >= 0.3 is 0 Å². The lowest BCUT2D eigenvalue weighted by atomic mass is 10.1. The van der Waals surface area contributed by atoms with Gasteiger partial charge in [0, 0.05) is 80.6 Å². The minimum atomic E-state index is 0.606. The molecule has 0 radical (unpaired) electrons. The average Bonchev–Trinajstić information content (AvgIpc) is 4.11. The molecule has 0 spiro atoms. The summed E-state index contributed by atoms with van der Waals surface area (Å²) >= 11 is 1.89. The number of nitrogens with zero attached hydrogens (tertiary/aromatic N) is 5. The van der Waals surface area contributed by atoms with Crippen molar-refractivity contribution < 1.29 is 4.42 Å². The second-order valence-corrected chi connectivity index (χ2v) is 17.4. The van der Waals surface area contributed by atoms with Crippen molar-refractivity contribution in [2.75, 3.05) is 0 Å². The Morgan fingerprint density at radius 1 is 0.344 bits per heavy atom. The molecule has 7 heteroatoms. The SMILES string of the molecule is c1ccc(-c2nc(-c3ccccc3)nc(-c3ccc4oc5ccc(-n6c7ccccc7c7cc(-n8c9ccccc9c9c%10sc%11ccccc%11c%10ccc98)ccc76)cc5c4c3)n2)cc1. The van der Waals surface area contributed by atoms with Crippen LogP contribution in [0.3, 0.4) is 0 Å². The molecule has 6 nitrogen and oxygen atoms in total. The first-order valence-electron chi connectivity index (χ1n) is 21.4. The molecule has 0 aliphatic carbocycles. The summed E-state index contributed by atoms with van der Waals surface area (Å²) in [5.74, 6) is 1.87. The summed E-state index contributed by atoms with van der Waals surface area (Å²) in [6, 6.07) is 70.8. The lowest BCUT2D eigenvalue weighted by Gasteiger charge is -2.11. The molecule has 0 aliphatic rings. The van der Waals surface area contributed by atoms with Crippen LogP contribution in [0.2, 0.25) is 0 Å². The van der Waals surface area contributed by atoms with Gasteiger partial charge in [-0.2, -0.15) is 0 Å². The zero-order valence-corrected chi connectivity index (χ0v) is 34.9. The van der Waals surface area contributed by atoms with Gasteiger partial charge in [0.15, 0.2) is 17.5 Å². The molecule has 0 amide bonds. The highest BCUT2D eigenvalue weighted by Gasteiger charge is 2.21. The van der Waals surface area contributed by atoms with Gasteiger partial charge in [0.05, 0.1) is 22.1 Å². The molecule has 0 bridgehead atoms. The van der Waals surface area contributed by atoms with Crippen LogP contribution in [0.4, 0.5) is 0 Å². The van der Waals surface area contributed by atoms with E-state index in [9.17, 15) is 0 Å². The summed E-state index contributed by atoms with van der Waals surface area (Å²) in [7, 11) is 0. The van der Waals surface area contributed by atoms with E-state index >= 15 is 0 Å². The summed E-state index contributed by atoms with van der Waals surface area (Å²) in [6.45, 7) is 0. The number of thiophene rings is 1. The number of aromatic nitrogens is 5. The minimum Gasteiger partial charge on any atom is -0.456 e. The van der Waals surface area contributed by atoms with E-state index in [1.54, 1.807) is 0 Å². The Balaban J connectivity index is 0.934. The summed E-state index contributed by atoms with van der Waals surface area (Å²) in [5, 5.41) is 9.62. The fourth-order valence-corrected chi connectivity index (χ4v) is 11.1. The first-order valence-corrected chi connectivity index (χ1v) is 22.2. The Kier molecular flexibility index (Phi) is 7.46. The van der Waals surface area contributed by atoms with E-state index in [1.165, 1.54) is 52.8 Å². The van der Waals surface area contributed by atoms with Crippen LogP contribution >= 0.6 is 11.3 Å². The Hall–Kier alpha value is -8.39. The summed E-state index contributed by atoms with van der Waals surface area (Å²) in [4.78, 5) is 15.0. The Morgan fingerprint density at radius 3 is 1.59 bits per heavy atom. The smallest absolute Gasteiger partial charge is 0.164 e. The predicted molar refractivity (Wildman–Crippen MR) is 265 cm³/mol. The van der Waals surface area contributed by atoms with Gasteiger partial charge in [0.1, 0.15) is 11.2 Å². The van der Waals surface area contributed by atoms with Crippen molar-refractivity contribution >= 4 is 97.1 Å². The number of para-hydroxylation sites is 2. The molecule has 5 aromatic heterocycles. The maximum atomic E-state index is 6.48. The molecule has 9 aromatic carbocycles. The van der Waals surface area contributed by atoms with Gasteiger partial charge in [0.25, 0.3) is 0 Å². The molecule has 5 heterocycles. The molecule has 0 unspecified atom stereocenters. The predicted octanol–water partition coefficient (Wildman–Crippen LogP) is 15.3. The highest BCUT2D eigenvalue weighted by molar-refractivity contribution is 7.26. The number of benzene rings is 9. The van der Waals surface area contributed by atoms with Crippen LogP contribution in [-0.4, -0.2) is 24.1 Å². The van der Waals surface area contributed by atoms with Crippen molar-refractivity contribution in [3.63, 3.8) is 0 Å². The number of hydrogen-bond donors (Lipinski definition) is 0. The van der Waals surface area contributed by atoms with Gasteiger partial charge in [-0.3, -0.25) is 0 Å². The number of rotatable bonds is 5. The Labute approximate surface area is 369 Å². The average molecular weight is 836 g/mol. The van der Waals surface area contributed by atoms with Crippen LogP contribution in [0.15, 0.2) is 205 Å². The molecular formula is C57H33N5OS. The molecule has 0 saturated carbocycles. The highest BCUT2D eigenvalue weighted by atomic mass is 32.1. The quantitative estimate of drug-likeness (QED) is 0.173. The molecule has 0 saturated heterocycles. The van der Waals surface area contributed by atoms with Crippen LogP contribution in [-0.2, 0) is 0 Å². The first kappa shape index (κ1) is 35.2. The molecule has 14 aromatic rings. The van der Waals surface area contributed by atoms with Crippen LogP contribution in [0.1, 0.15) is 0 Å². The number of fused-ring (bicyclic) bond motifs is 13. The van der Waals surface area contributed by atoms with Crippen LogP contribution in [0, 0.1) is 0 Å². The summed E-state index contributed by atoms with van der Waals surface area (Å²) in [6.07, 6.45) is 0. The van der Waals surface area contributed by atoms with Crippen LogP contribution < -0.4 is 0 Å². The lowest BCUT2D eigenvalue weighted by Crippen LogP contribution is -2.00. The maximum absolute atomic E-state index is 6.48. The summed E-state index contributed by atoms with van der Waals surface area (Å²) in [5.41, 5.74) is 11.3. The van der Waals surface area contributed by atoms with Gasteiger partial charge in [-0.15, -0.1) is 11.3 Å². The van der Waals surface area contributed by atoms with E-state index in [0.717, 1.165) is 61.0 Å². The molecule has 64 heavy (non-hydrogen) atoms. The second-order valence-electron chi connectivity index (χ2n) is 16.4. The third-order valence-electron chi connectivity index (χ3n) is 12.8. The van der Waals surface area contributed by atoms with Gasteiger partial charge in [-0.05, 0) is 78.9 Å². The third-order valence-corrected chi connectivity index (χ3v) is 14.0. The standard InChI is InChI=1S/C57H33N5OS/c1-3-13-34(14-4-1)55-58-56(35-15-5-2-6-16-35)60-57(59-55)36-23-29-50-44(31-36)45-33-38(25-30-51(45)63-50)61-46-20-10-7-17-39(46)43-32-37(24-27-48(43)61)62-47-21-11-8-19-42(47)53-49(62)28-26-41-40-18-9-12-22-52(40)64-54(41)53/h1-33H. The molecule has 0 atom stereocenters. The zero-order valence-electron chi connectivity index (χ0n) is 34.1. The van der Waals surface area contributed by atoms with E-state index < -0.39 is 0 Å². The highest BCUT2D eigenvalue weighted by Crippen LogP contribution is 2.44. The van der Waals surface area contributed by atoms with Crippen molar-refractivity contribution in [1.29, 1.82) is 0 Å². The van der Waals surface area contributed by atoms with E-state index in [1.807, 2.05) is 84.1 Å². The molecular weight excluding hydrogens is 803 g/mol. The van der Waals surface area contributed by atoms with Gasteiger partial charge in [-0.25, -0.2) is 15.0 Å². The monoisotopic (exact) mass is 835 g/mol. The topological polar surface area (TPSA) is 61.7 Å². The molecule has 0 fully saturated rings. The van der Waals surface area contributed by atoms with Gasteiger partial charge in [0.2, 0.25) is 0 Å². The molecule has 298 valence electrons. The van der Waals surface area contributed by atoms with Gasteiger partial charge in [-0.1, -0.05) is 121 Å². The zero-order chi connectivity index (χ0) is 41.9. The van der Waals surface area contributed by atoms with Crippen molar-refractivity contribution in [3.05, 3.63) is 200 Å². The number of hydrogen-bond acceptors (Lipinski definition) is 5. The first-order chi connectivity index (χ1) is 31.7. The van der Waals surface area contributed by atoms with Crippen molar-refractivity contribution in [3.8, 4) is 45.5 Å². The lowest BCUT2D eigenvalue weighted by molar-refractivity contribution is 0.669. The Morgan fingerprint density at radius 2 is 0.859 bits per heavy atom. The van der Waals surface area contributed by atoms with Crippen LogP contribution in [0.25, 0.3) is 131 Å². The van der Waals surface area contributed by atoms with Crippen LogP contribution in [0.5, 0.6) is 0 Å². The molecule has 14 rings (SSSR count). The number of furan rings is 1. The molecule has 0 N–H and O–H groups in total. The van der Waals surface area contributed by atoms with E-state index in [-0.39, 0.29) is 0 Å². The van der Waals surface area contributed by atoms with E-state index in [2.05, 4.69) is 137 Å². The fraction of sp³-hybridized carbons (Fsp3) is 0. The fourth-order valence-electron chi connectivity index (χ4n) is 9.87. The molecule has 0 aliphatic heterocycles. The van der Waals surface area contributed by atoms with E-state index in [0.29, 0.717) is 17.5 Å². The second kappa shape index (κ2) is 13.6. The largest absolute Gasteiger partial charge is 0.456 e. The van der Waals surface area contributed by atoms with Gasteiger partial charge < -0.3 is 13.6 Å². The van der Waals surface area contributed by atoms with Crippen molar-refractivity contribution in [2.45, 2.75) is 0 Å². The Bertz CT molecular complexity index is 4140. The normalized spacial score (nSPS) is 12.1. The third kappa shape index (κ3) is 5.22. The van der Waals surface area contributed by atoms with Crippen molar-refractivity contribution in [2.24, 2.45) is 0 Å². The van der Waals surface area contributed by atoms with Crippen molar-refractivity contribution in [1.82, 2.24) is 24.1 Å². The summed E-state index contributed by atoms with van der Waals surface area (Å²) < 4.78 is 14.0. The maximum Gasteiger partial charge on any atom is 0.164 e. The van der Waals surface area contributed by atoms with E-state index in [4.69, 9.17) is 19.4 Å². The minimum absolute atomic E-state index is 0.606.